The highest BCUT2D eigenvalue weighted by Gasteiger charge is 2.14. The molecular formula is C11H11NO5S. The minimum Gasteiger partial charge on any atom is -0.478 e. The average molecular weight is 269 g/mol. The van der Waals surface area contributed by atoms with E-state index in [0.717, 1.165) is 17.4 Å². The number of carbonyl (C=O) groups excluding carboxylic acids is 2. The first-order valence-electron chi connectivity index (χ1n) is 5.01. The molecule has 0 saturated heterocycles. The van der Waals surface area contributed by atoms with Crippen molar-refractivity contribution >= 4 is 34.2 Å². The Kier molecular flexibility index (Phi) is 5.06. The van der Waals surface area contributed by atoms with E-state index in [1.54, 1.807) is 12.3 Å². The zero-order chi connectivity index (χ0) is 13.5. The number of hydrogen-bond donors (Lipinski definition) is 2. The molecule has 0 aliphatic heterocycles. The lowest BCUT2D eigenvalue weighted by Crippen LogP contribution is -2.12. The summed E-state index contributed by atoms with van der Waals surface area (Å²) in [4.78, 5) is 33.1. The molecule has 0 saturated carbocycles. The van der Waals surface area contributed by atoms with Crippen LogP contribution in [-0.2, 0) is 14.3 Å². The van der Waals surface area contributed by atoms with E-state index in [2.05, 4.69) is 5.32 Å². The average Bonchev–Trinajstić information content (AvgIpc) is 2.75. The highest BCUT2D eigenvalue weighted by atomic mass is 32.1. The van der Waals surface area contributed by atoms with E-state index in [4.69, 9.17) is 9.84 Å². The van der Waals surface area contributed by atoms with Crippen molar-refractivity contribution in [2.24, 2.45) is 0 Å². The van der Waals surface area contributed by atoms with Gasteiger partial charge in [0.2, 0.25) is 5.91 Å². The van der Waals surface area contributed by atoms with Gasteiger partial charge in [0, 0.05) is 12.2 Å². The second-order valence-corrected chi connectivity index (χ2v) is 3.96. The molecule has 0 unspecified atom stereocenters. The molecule has 96 valence electrons. The van der Waals surface area contributed by atoms with Crippen LogP contribution in [0.5, 0.6) is 0 Å². The number of nitrogens with one attached hydrogen (secondary N) is 1. The molecule has 1 heterocycles. The van der Waals surface area contributed by atoms with Gasteiger partial charge in [-0.1, -0.05) is 0 Å². The molecule has 0 radical (unpaired) electrons. The molecule has 0 aliphatic carbocycles. The van der Waals surface area contributed by atoms with Gasteiger partial charge in [-0.05, 0) is 18.4 Å². The predicted octanol–water partition coefficient (Wildman–Crippen LogP) is 1.50. The van der Waals surface area contributed by atoms with Gasteiger partial charge < -0.3 is 15.2 Å². The van der Waals surface area contributed by atoms with Crippen molar-refractivity contribution in [2.75, 3.05) is 11.9 Å². The number of anilines is 1. The van der Waals surface area contributed by atoms with E-state index in [1.807, 2.05) is 0 Å². The molecule has 1 aromatic heterocycles. The van der Waals surface area contributed by atoms with E-state index in [-0.39, 0.29) is 12.2 Å². The summed E-state index contributed by atoms with van der Waals surface area (Å²) in [6.45, 7) is 1.92. The van der Waals surface area contributed by atoms with Crippen LogP contribution >= 0.6 is 11.3 Å². The van der Waals surface area contributed by atoms with Gasteiger partial charge in [0.15, 0.2) is 0 Å². The lowest BCUT2D eigenvalue weighted by molar-refractivity contribution is -0.131. The first-order valence-corrected chi connectivity index (χ1v) is 5.89. The first-order chi connectivity index (χ1) is 8.54. The third kappa shape index (κ3) is 4.02. The fraction of sp³-hybridized carbons (Fsp3) is 0.182. The number of carbonyl (C=O) groups is 3. The highest BCUT2D eigenvalue weighted by Crippen LogP contribution is 2.23. The van der Waals surface area contributed by atoms with Crippen molar-refractivity contribution < 1.29 is 24.2 Å². The number of hydrogen-bond acceptors (Lipinski definition) is 5. The van der Waals surface area contributed by atoms with Crippen LogP contribution in [0, 0.1) is 0 Å². The summed E-state index contributed by atoms with van der Waals surface area (Å²) in [6, 6.07) is 1.53. The summed E-state index contributed by atoms with van der Waals surface area (Å²) in [5.41, 5.74) is 0.249. The number of carboxylic acid groups (broad SMARTS) is 1. The van der Waals surface area contributed by atoms with E-state index in [1.165, 1.54) is 6.07 Å². The van der Waals surface area contributed by atoms with Crippen molar-refractivity contribution in [3.63, 3.8) is 0 Å². The Morgan fingerprint density at radius 1 is 1.44 bits per heavy atom. The zero-order valence-corrected chi connectivity index (χ0v) is 10.3. The van der Waals surface area contributed by atoms with Crippen LogP contribution in [0.15, 0.2) is 23.6 Å². The van der Waals surface area contributed by atoms with Gasteiger partial charge in [0.05, 0.1) is 12.2 Å². The molecule has 0 aromatic carbocycles. The molecule has 7 heteroatoms. The fourth-order valence-corrected chi connectivity index (χ4v) is 1.85. The maximum Gasteiger partial charge on any atom is 0.341 e. The van der Waals surface area contributed by atoms with Gasteiger partial charge in [-0.3, -0.25) is 4.79 Å². The molecule has 6 nitrogen and oxygen atoms in total. The summed E-state index contributed by atoms with van der Waals surface area (Å²) in [5, 5.41) is 12.7. The molecule has 1 aromatic rings. The SMILES string of the molecule is CCOC(=O)c1ccsc1NC(=O)C=CC(=O)O. The van der Waals surface area contributed by atoms with Gasteiger partial charge in [-0.2, -0.15) is 0 Å². The topological polar surface area (TPSA) is 92.7 Å². The maximum absolute atomic E-state index is 11.5. The smallest absolute Gasteiger partial charge is 0.341 e. The lowest BCUT2D eigenvalue weighted by Gasteiger charge is -2.03. The molecular weight excluding hydrogens is 258 g/mol. The van der Waals surface area contributed by atoms with Crippen molar-refractivity contribution in [3.8, 4) is 0 Å². The number of amides is 1. The number of aliphatic carboxylic acids is 1. The minimum atomic E-state index is -1.22. The van der Waals surface area contributed by atoms with Gasteiger partial charge in [0.1, 0.15) is 5.00 Å². The van der Waals surface area contributed by atoms with Crippen LogP contribution in [0.2, 0.25) is 0 Å². The number of thiophene rings is 1. The van der Waals surface area contributed by atoms with Gasteiger partial charge in [0.25, 0.3) is 0 Å². The van der Waals surface area contributed by atoms with E-state index < -0.39 is 17.8 Å². The quantitative estimate of drug-likeness (QED) is 0.624. The molecule has 18 heavy (non-hydrogen) atoms. The summed E-state index contributed by atoms with van der Waals surface area (Å²) >= 11 is 1.15. The van der Waals surface area contributed by atoms with Gasteiger partial charge in [-0.15, -0.1) is 11.3 Å². The number of carboxylic acids is 1. The monoisotopic (exact) mass is 269 g/mol. The predicted molar refractivity (Wildman–Crippen MR) is 65.7 cm³/mol. The zero-order valence-electron chi connectivity index (χ0n) is 9.50. The van der Waals surface area contributed by atoms with Crippen molar-refractivity contribution in [1.82, 2.24) is 0 Å². The molecule has 1 amide bonds. The van der Waals surface area contributed by atoms with Crippen LogP contribution in [0.25, 0.3) is 0 Å². The molecule has 0 aliphatic rings. The third-order valence-electron chi connectivity index (χ3n) is 1.77. The molecule has 0 fully saturated rings. The largest absolute Gasteiger partial charge is 0.478 e. The van der Waals surface area contributed by atoms with E-state index >= 15 is 0 Å². The molecule has 0 spiro atoms. The summed E-state index contributed by atoms with van der Waals surface area (Å²) in [5.74, 6) is -2.37. The normalized spacial score (nSPS) is 10.3. The van der Waals surface area contributed by atoms with Crippen molar-refractivity contribution in [2.45, 2.75) is 6.92 Å². The van der Waals surface area contributed by atoms with Crippen LogP contribution in [0.3, 0.4) is 0 Å². The first kappa shape index (κ1) is 13.9. The minimum absolute atomic E-state index is 0.237. The van der Waals surface area contributed by atoms with Gasteiger partial charge in [-0.25, -0.2) is 9.59 Å². The Labute approximate surface area is 107 Å². The summed E-state index contributed by atoms with van der Waals surface area (Å²) < 4.78 is 4.81. The fourth-order valence-electron chi connectivity index (χ4n) is 1.08. The molecule has 2 N–H and O–H groups in total. The highest BCUT2D eigenvalue weighted by molar-refractivity contribution is 7.14. The Morgan fingerprint density at radius 2 is 2.17 bits per heavy atom. The standard InChI is InChI=1S/C11H11NO5S/c1-2-17-11(16)7-5-6-18-10(7)12-8(13)3-4-9(14)15/h3-6H,2H2,1H3,(H,12,13)(H,14,15). The maximum atomic E-state index is 11.5. The number of ether oxygens (including phenoxy) is 1. The van der Waals surface area contributed by atoms with Gasteiger partial charge >= 0.3 is 11.9 Å². The Hall–Kier alpha value is -2.15. The lowest BCUT2D eigenvalue weighted by atomic mass is 10.3. The Bertz CT molecular complexity index is 491. The van der Waals surface area contributed by atoms with Crippen molar-refractivity contribution in [1.29, 1.82) is 0 Å². The Balaban J connectivity index is 2.74. The van der Waals surface area contributed by atoms with Crippen LogP contribution < -0.4 is 5.32 Å². The second-order valence-electron chi connectivity index (χ2n) is 3.04. The molecule has 0 bridgehead atoms. The molecule has 0 atom stereocenters. The summed E-state index contributed by atoms with van der Waals surface area (Å²) in [7, 11) is 0. The third-order valence-corrected chi connectivity index (χ3v) is 2.60. The number of rotatable bonds is 5. The van der Waals surface area contributed by atoms with E-state index in [0.29, 0.717) is 11.1 Å². The molecule has 1 rings (SSSR count). The summed E-state index contributed by atoms with van der Waals surface area (Å²) in [6.07, 6.45) is 1.59. The van der Waals surface area contributed by atoms with Crippen LogP contribution in [0.4, 0.5) is 5.00 Å². The van der Waals surface area contributed by atoms with Crippen molar-refractivity contribution in [3.05, 3.63) is 29.2 Å². The Morgan fingerprint density at radius 3 is 2.78 bits per heavy atom. The number of esters is 1. The van der Waals surface area contributed by atoms with Crippen LogP contribution in [-0.4, -0.2) is 29.6 Å². The van der Waals surface area contributed by atoms with E-state index in [9.17, 15) is 14.4 Å². The van der Waals surface area contributed by atoms with Crippen LogP contribution in [0.1, 0.15) is 17.3 Å². The second kappa shape index (κ2) is 6.55.